The maximum absolute atomic E-state index is 13.4. The predicted molar refractivity (Wildman–Crippen MR) is 112 cm³/mol. The molecule has 0 bridgehead atoms. The van der Waals surface area contributed by atoms with Crippen LogP contribution < -0.4 is 5.32 Å². The number of fused-ring (bicyclic) bond motifs is 1. The number of hydrogen-bond acceptors (Lipinski definition) is 4. The second-order valence-corrected chi connectivity index (χ2v) is 7.88. The summed E-state index contributed by atoms with van der Waals surface area (Å²) < 4.78 is 5.51. The van der Waals surface area contributed by atoms with Crippen LogP contribution in [-0.2, 0) is 32.0 Å². The van der Waals surface area contributed by atoms with Gasteiger partial charge in [-0.25, -0.2) is 0 Å². The van der Waals surface area contributed by atoms with E-state index in [2.05, 4.69) is 5.32 Å². The number of rotatable bonds is 7. The Bertz CT molecular complexity index is 900. The Morgan fingerprint density at radius 3 is 2.40 bits per heavy atom. The van der Waals surface area contributed by atoms with E-state index in [-0.39, 0.29) is 30.3 Å². The zero-order valence-electron chi connectivity index (χ0n) is 16.8. The first-order valence-corrected chi connectivity index (χ1v) is 10.4. The number of benzene rings is 2. The molecule has 2 fully saturated rings. The largest absolute Gasteiger partial charge is 0.368 e. The Labute approximate surface area is 176 Å². The highest BCUT2D eigenvalue weighted by Crippen LogP contribution is 2.27. The smallest absolute Gasteiger partial charge is 0.246 e. The summed E-state index contributed by atoms with van der Waals surface area (Å²) in [5.74, 6) is -0.434. The molecule has 2 aliphatic rings. The summed E-state index contributed by atoms with van der Waals surface area (Å²) in [6, 6.07) is 18.2. The SMILES string of the molecule is O=C(CCc1ccccc1)N[C@@H](Cc1ccccc1)C(=O)N1CCC2OCC(=O)C21. The number of ether oxygens (including phenoxy) is 1. The third kappa shape index (κ3) is 4.60. The molecule has 0 radical (unpaired) electrons. The van der Waals surface area contributed by atoms with Gasteiger partial charge >= 0.3 is 0 Å². The van der Waals surface area contributed by atoms with Crippen molar-refractivity contribution < 1.29 is 19.1 Å². The molecule has 0 spiro atoms. The van der Waals surface area contributed by atoms with Crippen molar-refractivity contribution in [2.45, 2.75) is 43.9 Å². The van der Waals surface area contributed by atoms with Crippen LogP contribution in [0.4, 0.5) is 0 Å². The number of amides is 2. The van der Waals surface area contributed by atoms with Crippen molar-refractivity contribution in [1.82, 2.24) is 10.2 Å². The Balaban J connectivity index is 1.45. The van der Waals surface area contributed by atoms with Crippen LogP contribution in [0.3, 0.4) is 0 Å². The predicted octanol–water partition coefficient (Wildman–Crippen LogP) is 1.92. The number of hydrogen-bond donors (Lipinski definition) is 1. The van der Waals surface area contributed by atoms with Gasteiger partial charge in [-0.15, -0.1) is 0 Å². The zero-order valence-corrected chi connectivity index (χ0v) is 16.8. The molecule has 2 aliphatic heterocycles. The van der Waals surface area contributed by atoms with Gasteiger partial charge in [0.15, 0.2) is 5.78 Å². The summed E-state index contributed by atoms with van der Waals surface area (Å²) in [6.07, 6.45) is 1.74. The third-order valence-electron chi connectivity index (χ3n) is 5.79. The van der Waals surface area contributed by atoms with Crippen molar-refractivity contribution in [2.24, 2.45) is 0 Å². The average molecular weight is 406 g/mol. The average Bonchev–Trinajstić information content (AvgIpc) is 3.36. The van der Waals surface area contributed by atoms with E-state index in [9.17, 15) is 14.4 Å². The van der Waals surface area contributed by atoms with E-state index in [1.165, 1.54) is 0 Å². The minimum atomic E-state index is -0.706. The van der Waals surface area contributed by atoms with E-state index in [4.69, 9.17) is 4.74 Å². The van der Waals surface area contributed by atoms with E-state index in [0.29, 0.717) is 32.2 Å². The standard InChI is InChI=1S/C24H26N2O4/c27-20-16-30-21-13-14-26(23(20)21)24(29)19(15-18-9-5-2-6-10-18)25-22(28)12-11-17-7-3-1-4-8-17/h1-10,19,21,23H,11-16H2,(H,25,28)/t19-,21?,23?/m0/s1. The van der Waals surface area contributed by atoms with Gasteiger partial charge in [0.05, 0.1) is 6.10 Å². The van der Waals surface area contributed by atoms with Crippen LogP contribution in [0, 0.1) is 0 Å². The molecule has 2 amide bonds. The third-order valence-corrected chi connectivity index (χ3v) is 5.79. The van der Waals surface area contributed by atoms with Gasteiger partial charge in [-0.1, -0.05) is 60.7 Å². The van der Waals surface area contributed by atoms with Crippen LogP contribution in [0.5, 0.6) is 0 Å². The van der Waals surface area contributed by atoms with Gasteiger partial charge in [0.1, 0.15) is 18.7 Å². The number of ketones is 1. The number of carbonyl (C=O) groups is 3. The molecule has 2 aromatic rings. The van der Waals surface area contributed by atoms with E-state index in [0.717, 1.165) is 11.1 Å². The molecule has 0 saturated carbocycles. The monoisotopic (exact) mass is 406 g/mol. The van der Waals surface area contributed by atoms with Gasteiger partial charge < -0.3 is 15.0 Å². The van der Waals surface area contributed by atoms with E-state index < -0.39 is 12.1 Å². The highest BCUT2D eigenvalue weighted by atomic mass is 16.5. The normalized spacial score (nSPS) is 21.3. The zero-order chi connectivity index (χ0) is 20.9. The van der Waals surface area contributed by atoms with Crippen molar-refractivity contribution in [2.75, 3.05) is 13.2 Å². The minimum absolute atomic E-state index is 0.0558. The maximum Gasteiger partial charge on any atom is 0.246 e. The number of nitrogens with zero attached hydrogens (tertiary/aromatic N) is 1. The maximum atomic E-state index is 13.4. The van der Waals surface area contributed by atoms with Crippen LogP contribution in [0.1, 0.15) is 24.0 Å². The lowest BCUT2D eigenvalue weighted by atomic mass is 10.0. The topological polar surface area (TPSA) is 75.7 Å². The van der Waals surface area contributed by atoms with Gasteiger partial charge in [0.2, 0.25) is 11.8 Å². The molecule has 2 heterocycles. The lowest BCUT2D eigenvalue weighted by Gasteiger charge is -2.27. The molecule has 0 aliphatic carbocycles. The van der Waals surface area contributed by atoms with Gasteiger partial charge in [-0.05, 0) is 24.0 Å². The van der Waals surface area contributed by atoms with Gasteiger partial charge in [-0.2, -0.15) is 0 Å². The molecule has 156 valence electrons. The number of nitrogens with one attached hydrogen (secondary N) is 1. The summed E-state index contributed by atoms with van der Waals surface area (Å²) in [5, 5.41) is 2.92. The lowest BCUT2D eigenvalue weighted by Crippen LogP contribution is -2.53. The van der Waals surface area contributed by atoms with Crippen molar-refractivity contribution in [3.05, 3.63) is 71.8 Å². The molecule has 2 aromatic carbocycles. The fraction of sp³-hybridized carbons (Fsp3) is 0.375. The lowest BCUT2D eigenvalue weighted by molar-refractivity contribution is -0.139. The van der Waals surface area contributed by atoms with E-state index in [1.807, 2.05) is 60.7 Å². The quantitative estimate of drug-likeness (QED) is 0.762. The van der Waals surface area contributed by atoms with Crippen LogP contribution >= 0.6 is 0 Å². The molecule has 0 aromatic heterocycles. The first-order chi connectivity index (χ1) is 14.6. The summed E-state index contributed by atoms with van der Waals surface area (Å²) in [7, 11) is 0. The highest BCUT2D eigenvalue weighted by Gasteiger charge is 2.47. The van der Waals surface area contributed by atoms with Crippen LogP contribution in [0.25, 0.3) is 0 Å². The summed E-state index contributed by atoms with van der Waals surface area (Å²) in [4.78, 5) is 39.8. The molecule has 6 heteroatoms. The Morgan fingerprint density at radius 1 is 1.03 bits per heavy atom. The van der Waals surface area contributed by atoms with Gasteiger partial charge in [0, 0.05) is 19.4 Å². The van der Waals surface area contributed by atoms with Crippen molar-refractivity contribution >= 4 is 17.6 Å². The molecular weight excluding hydrogens is 380 g/mol. The fourth-order valence-electron chi connectivity index (χ4n) is 4.26. The second-order valence-electron chi connectivity index (χ2n) is 7.88. The Morgan fingerprint density at radius 2 is 1.70 bits per heavy atom. The van der Waals surface area contributed by atoms with Crippen LogP contribution in [0.15, 0.2) is 60.7 Å². The first-order valence-electron chi connectivity index (χ1n) is 10.4. The molecule has 2 unspecified atom stereocenters. The van der Waals surface area contributed by atoms with Crippen LogP contribution in [-0.4, -0.2) is 53.8 Å². The second kappa shape index (κ2) is 9.22. The van der Waals surface area contributed by atoms with Crippen molar-refractivity contribution in [3.8, 4) is 0 Å². The van der Waals surface area contributed by atoms with Crippen molar-refractivity contribution in [1.29, 1.82) is 0 Å². The summed E-state index contributed by atoms with van der Waals surface area (Å²) in [6.45, 7) is 0.539. The molecule has 30 heavy (non-hydrogen) atoms. The van der Waals surface area contributed by atoms with Gasteiger partial charge in [0.25, 0.3) is 0 Å². The van der Waals surface area contributed by atoms with Gasteiger partial charge in [-0.3, -0.25) is 14.4 Å². The molecule has 3 atom stereocenters. The molecular formula is C24H26N2O4. The van der Waals surface area contributed by atoms with Crippen LogP contribution in [0.2, 0.25) is 0 Å². The summed E-state index contributed by atoms with van der Waals surface area (Å²) in [5.41, 5.74) is 2.04. The number of Topliss-reactive ketones (excluding diaryl/α,β-unsaturated/α-hetero) is 1. The fourth-order valence-corrected chi connectivity index (χ4v) is 4.26. The number of carbonyl (C=O) groups excluding carboxylic acids is 3. The molecule has 4 rings (SSSR count). The van der Waals surface area contributed by atoms with Crippen molar-refractivity contribution in [3.63, 3.8) is 0 Å². The summed E-state index contributed by atoms with van der Waals surface area (Å²) >= 11 is 0. The van der Waals surface area contributed by atoms with E-state index >= 15 is 0 Å². The molecule has 1 N–H and O–H groups in total. The number of aryl methyl sites for hydroxylation is 1. The highest BCUT2D eigenvalue weighted by molar-refractivity contribution is 5.95. The Kier molecular flexibility index (Phi) is 6.23. The first kappa shape index (κ1) is 20.3. The molecule has 6 nitrogen and oxygen atoms in total. The minimum Gasteiger partial charge on any atom is -0.368 e. The molecule has 2 saturated heterocycles. The number of likely N-dealkylation sites (tertiary alicyclic amines) is 1. The van der Waals surface area contributed by atoms with E-state index in [1.54, 1.807) is 4.90 Å². The Hall–Kier alpha value is -2.99.